The molecule has 1 aliphatic rings. The fourth-order valence-corrected chi connectivity index (χ4v) is 11.4. The second-order valence-corrected chi connectivity index (χ2v) is 19.8. The third-order valence-corrected chi connectivity index (χ3v) is 15.0. The van der Waals surface area contributed by atoms with Crippen LogP contribution in [-0.4, -0.2) is 45.2 Å². The van der Waals surface area contributed by atoms with Crippen molar-refractivity contribution in [2.45, 2.75) is 104 Å². The van der Waals surface area contributed by atoms with Crippen LogP contribution < -0.4 is 9.47 Å². The normalized spacial score (nSPS) is 13.1. The number of hydrogen-bond donors (Lipinski definition) is 0. The van der Waals surface area contributed by atoms with Crippen molar-refractivity contribution in [3.05, 3.63) is 115 Å². The molecule has 8 nitrogen and oxygen atoms in total. The Morgan fingerprint density at radius 2 is 1.12 bits per heavy atom. The lowest BCUT2D eigenvalue weighted by molar-refractivity contribution is 0.103. The van der Waals surface area contributed by atoms with Gasteiger partial charge in [-0.3, -0.25) is 9.36 Å². The van der Waals surface area contributed by atoms with E-state index >= 15 is 0 Å². The molecule has 0 amide bonds. The van der Waals surface area contributed by atoms with Crippen molar-refractivity contribution in [1.82, 2.24) is 0 Å². The molecule has 0 heterocycles. The summed E-state index contributed by atoms with van der Waals surface area (Å²) in [6.07, 6.45) is 8.43. The molecule has 4 aromatic rings. The highest BCUT2D eigenvalue weighted by Crippen LogP contribution is 2.59. The average molecular weight is 975 g/mol. The Morgan fingerprint density at radius 1 is 0.610 bits per heavy atom. The summed E-state index contributed by atoms with van der Waals surface area (Å²) in [4.78, 5) is 14.6. The van der Waals surface area contributed by atoms with E-state index in [1.807, 2.05) is 45.9 Å². The number of ether oxygens (including phenoxy) is 2. The van der Waals surface area contributed by atoms with Gasteiger partial charge in [-0.25, -0.2) is 0 Å². The van der Waals surface area contributed by atoms with Crippen molar-refractivity contribution in [2.24, 2.45) is 0 Å². The molecule has 0 atom stereocenters. The lowest BCUT2D eigenvalue weighted by atomic mass is 9.67. The summed E-state index contributed by atoms with van der Waals surface area (Å²) in [7, 11) is -5.47. The molecular formula is C47H60Br2O8P2. The highest BCUT2D eigenvalue weighted by Gasteiger charge is 2.47. The second-order valence-electron chi connectivity index (χ2n) is 14.5. The topological polar surface area (TPSA) is 89.5 Å². The zero-order valence-corrected chi connectivity index (χ0v) is 40.4. The molecule has 1 aliphatic carbocycles. The summed E-state index contributed by atoms with van der Waals surface area (Å²) >= 11 is 7.63. The van der Waals surface area contributed by atoms with Gasteiger partial charge in [-0.2, -0.15) is 0 Å². The van der Waals surface area contributed by atoms with Crippen molar-refractivity contribution in [1.29, 1.82) is 0 Å². The zero-order valence-electron chi connectivity index (χ0n) is 35.5. The summed E-state index contributed by atoms with van der Waals surface area (Å²) in [5, 5.41) is 0. The Hall–Kier alpha value is -2.39. The Balaban J connectivity index is 1.81. The number of rotatable bonds is 26. The van der Waals surface area contributed by atoms with E-state index < -0.39 is 21.4 Å². The molecule has 5 rings (SSSR count). The van der Waals surface area contributed by atoms with Gasteiger partial charge in [0.2, 0.25) is 13.9 Å². The van der Waals surface area contributed by atoms with Crippen molar-refractivity contribution < 1.29 is 36.9 Å². The van der Waals surface area contributed by atoms with Crippen LogP contribution in [-0.2, 0) is 34.2 Å². The van der Waals surface area contributed by atoms with E-state index in [0.29, 0.717) is 43.5 Å². The number of hydrogen-bond acceptors (Lipinski definition) is 8. The number of fused-ring (bicyclic) bond motifs is 3. The van der Waals surface area contributed by atoms with Gasteiger partial charge in [-0.1, -0.05) is 108 Å². The molecule has 0 radical (unpaired) electrons. The third kappa shape index (κ3) is 11.4. The van der Waals surface area contributed by atoms with E-state index in [1.54, 1.807) is 0 Å². The Morgan fingerprint density at radius 3 is 1.63 bits per heavy atom. The van der Waals surface area contributed by atoms with Crippen LogP contribution in [0.15, 0.2) is 81.7 Å². The molecular weight excluding hydrogens is 914 g/mol. The lowest BCUT2D eigenvalue weighted by Crippen LogP contribution is -2.29. The van der Waals surface area contributed by atoms with Crippen molar-refractivity contribution in [3.8, 4) is 22.6 Å². The van der Waals surface area contributed by atoms with E-state index in [0.717, 1.165) is 99.3 Å². The summed E-state index contributed by atoms with van der Waals surface area (Å²) < 4.78 is 52.7. The van der Waals surface area contributed by atoms with Gasteiger partial charge < -0.3 is 27.6 Å². The smallest absolute Gasteiger partial charge is 0.335 e. The first-order chi connectivity index (χ1) is 28.6. The molecule has 0 saturated heterocycles. The Kier molecular flexibility index (Phi) is 18.7. The molecule has 0 bridgehead atoms. The molecule has 0 N–H and O–H groups in total. The first-order valence-electron chi connectivity index (χ1n) is 21.2. The molecule has 320 valence electrons. The van der Waals surface area contributed by atoms with Crippen LogP contribution in [0.25, 0.3) is 11.1 Å². The predicted octanol–water partition coefficient (Wildman–Crippen LogP) is 14.8. The quantitative estimate of drug-likeness (QED) is 0.0400. The average Bonchev–Trinajstić information content (AvgIpc) is 3.50. The monoisotopic (exact) mass is 972 g/mol. The first kappa shape index (κ1) is 47.7. The van der Waals surface area contributed by atoms with Gasteiger partial charge in [0.25, 0.3) is 0 Å². The van der Waals surface area contributed by atoms with Crippen LogP contribution in [0.1, 0.15) is 131 Å². The molecule has 12 heteroatoms. The van der Waals surface area contributed by atoms with Gasteiger partial charge in [0.05, 0.1) is 56.8 Å². The van der Waals surface area contributed by atoms with Gasteiger partial charge in [0.1, 0.15) is 11.5 Å². The number of unbranched alkanes of at least 4 members (excludes halogenated alkanes) is 6. The minimum Gasteiger partial charge on any atom is -0.493 e. The first-order valence-corrected chi connectivity index (χ1v) is 25.7. The van der Waals surface area contributed by atoms with E-state index in [4.69, 9.17) is 27.6 Å². The number of benzene rings is 4. The predicted molar refractivity (Wildman–Crippen MR) is 247 cm³/mol. The van der Waals surface area contributed by atoms with Gasteiger partial charge in [-0.15, -0.1) is 0 Å². The van der Waals surface area contributed by atoms with Gasteiger partial charge >= 0.3 is 7.60 Å². The van der Waals surface area contributed by atoms with E-state index in [-0.39, 0.29) is 24.9 Å². The maximum Gasteiger partial charge on any atom is 0.335 e. The Bertz CT molecular complexity index is 1990. The summed E-state index contributed by atoms with van der Waals surface area (Å²) in [6.45, 7) is 13.9. The molecule has 0 saturated carbocycles. The maximum absolute atomic E-state index is 14.6. The summed E-state index contributed by atoms with van der Waals surface area (Å²) in [5.41, 5.74) is 5.89. The second kappa shape index (κ2) is 23.2. The number of carbonyl (C=O) groups is 1. The van der Waals surface area contributed by atoms with Crippen LogP contribution in [0.4, 0.5) is 0 Å². The minimum absolute atomic E-state index is 0.0289. The van der Waals surface area contributed by atoms with E-state index in [1.165, 1.54) is 0 Å². The molecule has 0 aromatic heterocycles. The third-order valence-electron chi connectivity index (χ3n) is 10.4. The fraction of sp³-hybridized carbons (Fsp3) is 0.468. The SMILES string of the molecule is CCCCCCOc1ccc(C2(c3ccc(OCCCCCC)c(C(=O)P(OCC)OCC)c3)c3cc(Br)ccc3-c3ccc(Br)cc32)cc1CP(=O)(OCC)OCC. The number of carbonyl (C=O) groups excluding carboxylic acids is 1. The lowest BCUT2D eigenvalue weighted by Gasteiger charge is -2.35. The zero-order chi connectivity index (χ0) is 42.4. The fourth-order valence-electron chi connectivity index (χ4n) is 7.83. The van der Waals surface area contributed by atoms with E-state index in [2.05, 4.69) is 100 Å². The van der Waals surface area contributed by atoms with Gasteiger partial charge in [0, 0.05) is 14.5 Å². The van der Waals surface area contributed by atoms with Crippen molar-refractivity contribution in [3.63, 3.8) is 0 Å². The van der Waals surface area contributed by atoms with Crippen LogP contribution in [0, 0.1) is 0 Å². The molecule has 59 heavy (non-hydrogen) atoms. The van der Waals surface area contributed by atoms with E-state index in [9.17, 15) is 9.36 Å². The molecule has 4 aromatic carbocycles. The van der Waals surface area contributed by atoms with Crippen molar-refractivity contribution in [2.75, 3.05) is 39.6 Å². The molecule has 0 fully saturated rings. The van der Waals surface area contributed by atoms with Gasteiger partial charge in [0.15, 0.2) is 0 Å². The molecule has 0 aliphatic heterocycles. The van der Waals surface area contributed by atoms with Crippen molar-refractivity contribution >= 4 is 53.4 Å². The van der Waals surface area contributed by atoms with Crippen LogP contribution in [0.5, 0.6) is 11.5 Å². The highest BCUT2D eigenvalue weighted by molar-refractivity contribution is 9.10. The maximum atomic E-state index is 14.6. The van der Waals surface area contributed by atoms with Crippen LogP contribution in [0.3, 0.4) is 0 Å². The standard InChI is InChI=1S/C47H60Br2O8P2/c1-7-13-15-17-27-52-44-25-19-35(29-34(44)33-59(51,56-11-5)57-12-6)47(42-31-37(48)21-23-39(42)40-24-22-38(49)32-43(40)47)36-20-26-45(53-28-18-16-14-8-2)41(30-36)46(50)58(54-9-3)55-10-4/h19-26,29-32H,7-18,27-28,33H2,1-6H3. The molecule has 0 unspecified atom stereocenters. The summed E-state index contributed by atoms with van der Waals surface area (Å²) in [5.74, 6) is 1.14. The Labute approximate surface area is 370 Å². The summed E-state index contributed by atoms with van der Waals surface area (Å²) in [6, 6.07) is 24.9. The molecule has 0 spiro atoms. The highest BCUT2D eigenvalue weighted by atomic mass is 79.9. The minimum atomic E-state index is -3.56. The largest absolute Gasteiger partial charge is 0.493 e. The number of halogens is 2. The van der Waals surface area contributed by atoms with Crippen LogP contribution >= 0.6 is 47.8 Å². The van der Waals surface area contributed by atoms with Gasteiger partial charge in [-0.05, 0) is 122 Å². The van der Waals surface area contributed by atoms with Crippen LogP contribution in [0.2, 0.25) is 0 Å².